The number of likely N-dealkylation sites (tertiary alicyclic amines) is 1. The molecule has 0 radical (unpaired) electrons. The molecule has 1 fully saturated rings. The molecular weight excluding hydrogens is 431 g/mol. The number of ether oxygens (including phenoxy) is 1. The second kappa shape index (κ2) is 9.80. The number of benzene rings is 2. The fraction of sp³-hybridized carbons (Fsp3) is 0.320. The molecule has 2 heterocycles. The number of anilines is 1. The van der Waals surface area contributed by atoms with Gasteiger partial charge in [-0.25, -0.2) is 0 Å². The fourth-order valence-electron chi connectivity index (χ4n) is 3.95. The van der Waals surface area contributed by atoms with Gasteiger partial charge in [0.15, 0.2) is 0 Å². The predicted molar refractivity (Wildman–Crippen MR) is 128 cm³/mol. The molecule has 4 rings (SSSR count). The van der Waals surface area contributed by atoms with Gasteiger partial charge in [-0.15, -0.1) is 0 Å². The molecule has 2 aromatic carbocycles. The first-order chi connectivity index (χ1) is 15.0. The Morgan fingerprint density at radius 2 is 1.94 bits per heavy atom. The fourth-order valence-corrected chi connectivity index (χ4v) is 4.26. The van der Waals surface area contributed by atoms with E-state index in [0.29, 0.717) is 22.6 Å². The van der Waals surface area contributed by atoms with Crippen molar-refractivity contribution in [3.63, 3.8) is 0 Å². The molecule has 2 aromatic rings. The highest BCUT2D eigenvalue weighted by molar-refractivity contribution is 6.42. The van der Waals surface area contributed by atoms with Crippen LogP contribution in [-0.2, 0) is 11.2 Å². The number of halogens is 2. The summed E-state index contributed by atoms with van der Waals surface area (Å²) in [7, 11) is 0. The number of hydrogen-bond acceptors (Lipinski definition) is 3. The smallest absolute Gasteiger partial charge is 0.246 e. The number of nitrogens with one attached hydrogen (secondary N) is 1. The average molecular weight is 457 g/mol. The van der Waals surface area contributed by atoms with Crippen molar-refractivity contribution in [3.8, 4) is 5.75 Å². The second-order valence-corrected chi connectivity index (χ2v) is 8.95. The molecule has 1 amide bonds. The van der Waals surface area contributed by atoms with Crippen molar-refractivity contribution in [1.29, 1.82) is 0 Å². The molecule has 0 unspecified atom stereocenters. The molecule has 2 aliphatic heterocycles. The van der Waals surface area contributed by atoms with Crippen LogP contribution in [0.3, 0.4) is 0 Å². The maximum absolute atomic E-state index is 12.5. The summed E-state index contributed by atoms with van der Waals surface area (Å²) in [5, 5.41) is 4.32. The van der Waals surface area contributed by atoms with E-state index < -0.39 is 0 Å². The molecule has 4 nitrogen and oxygen atoms in total. The molecule has 6 heteroatoms. The Hall–Kier alpha value is -2.43. The monoisotopic (exact) mass is 456 g/mol. The molecule has 0 bridgehead atoms. The summed E-state index contributed by atoms with van der Waals surface area (Å²) in [5.74, 6) is 1.39. The zero-order valence-corrected chi connectivity index (χ0v) is 18.9. The highest BCUT2D eigenvalue weighted by Crippen LogP contribution is 2.30. The van der Waals surface area contributed by atoms with Crippen LogP contribution in [0.1, 0.15) is 30.4 Å². The zero-order chi connectivity index (χ0) is 21.8. The Morgan fingerprint density at radius 3 is 2.71 bits per heavy atom. The number of hydrogen-bond donors (Lipinski definition) is 1. The maximum Gasteiger partial charge on any atom is 0.246 e. The van der Waals surface area contributed by atoms with Crippen molar-refractivity contribution < 1.29 is 9.53 Å². The topological polar surface area (TPSA) is 41.6 Å². The molecule has 162 valence electrons. The number of allylic oxidation sites excluding steroid dienone is 1. The molecule has 2 aliphatic rings. The molecule has 0 aliphatic carbocycles. The zero-order valence-electron chi connectivity index (χ0n) is 17.4. The van der Waals surface area contributed by atoms with Gasteiger partial charge in [-0.05, 0) is 79.1 Å². The van der Waals surface area contributed by atoms with Crippen molar-refractivity contribution in [1.82, 2.24) is 4.90 Å². The summed E-state index contributed by atoms with van der Waals surface area (Å²) < 4.78 is 6.07. The number of carbonyl (C=O) groups is 1. The number of rotatable bonds is 5. The van der Waals surface area contributed by atoms with Crippen molar-refractivity contribution in [2.45, 2.75) is 25.7 Å². The lowest BCUT2D eigenvalue weighted by Crippen LogP contribution is -2.38. The predicted octanol–water partition coefficient (Wildman–Crippen LogP) is 6.20. The van der Waals surface area contributed by atoms with Crippen LogP contribution in [-0.4, -0.2) is 30.5 Å². The van der Waals surface area contributed by atoms with Gasteiger partial charge in [0.25, 0.3) is 0 Å². The number of fused-ring (bicyclic) bond motifs is 1. The van der Waals surface area contributed by atoms with Crippen molar-refractivity contribution in [2.75, 3.05) is 25.0 Å². The highest BCUT2D eigenvalue weighted by Gasteiger charge is 2.22. The number of amides is 1. The van der Waals surface area contributed by atoms with E-state index in [1.807, 2.05) is 17.0 Å². The van der Waals surface area contributed by atoms with Gasteiger partial charge < -0.3 is 15.0 Å². The van der Waals surface area contributed by atoms with Crippen LogP contribution < -0.4 is 10.1 Å². The van der Waals surface area contributed by atoms with Gasteiger partial charge in [-0.1, -0.05) is 35.8 Å². The average Bonchev–Trinajstić information content (AvgIpc) is 2.78. The third-order valence-electron chi connectivity index (χ3n) is 5.86. The van der Waals surface area contributed by atoms with Gasteiger partial charge in [-0.2, -0.15) is 0 Å². The minimum atomic E-state index is 0.0224. The Balaban J connectivity index is 1.24. The highest BCUT2D eigenvalue weighted by atomic mass is 35.5. The van der Waals surface area contributed by atoms with E-state index in [9.17, 15) is 4.79 Å². The van der Waals surface area contributed by atoms with Gasteiger partial charge in [0, 0.05) is 30.5 Å². The minimum absolute atomic E-state index is 0.0224. The molecule has 0 spiro atoms. The van der Waals surface area contributed by atoms with Gasteiger partial charge in [0.1, 0.15) is 5.75 Å². The Bertz CT molecular complexity index is 1010. The quantitative estimate of drug-likeness (QED) is 0.544. The summed E-state index contributed by atoms with van der Waals surface area (Å²) in [6.45, 7) is 6.17. The van der Waals surface area contributed by atoms with Crippen molar-refractivity contribution in [2.24, 2.45) is 5.92 Å². The minimum Gasteiger partial charge on any atom is -0.493 e. The number of piperidine rings is 1. The van der Waals surface area contributed by atoms with Crippen molar-refractivity contribution >= 4 is 40.9 Å². The first-order valence-electron chi connectivity index (χ1n) is 10.6. The molecule has 31 heavy (non-hydrogen) atoms. The van der Waals surface area contributed by atoms with Gasteiger partial charge in [0.05, 0.1) is 16.7 Å². The summed E-state index contributed by atoms with van der Waals surface area (Å²) in [4.78, 5) is 14.4. The third-order valence-corrected chi connectivity index (χ3v) is 6.60. The van der Waals surface area contributed by atoms with Crippen LogP contribution in [0.4, 0.5) is 5.69 Å². The number of nitrogens with zero attached hydrogens (tertiary/aromatic N) is 1. The number of aryl methyl sites for hydroxylation is 1. The summed E-state index contributed by atoms with van der Waals surface area (Å²) >= 11 is 12.0. The van der Waals surface area contributed by atoms with E-state index in [2.05, 4.69) is 24.0 Å². The van der Waals surface area contributed by atoms with Crippen LogP contribution in [0.5, 0.6) is 5.75 Å². The molecular formula is C25H26Cl2N2O2. The Labute approximate surface area is 193 Å². The standard InChI is InChI=1S/C25H26Cl2N2O2/c1-17-2-5-20-15-21(6-8-24(20)28-17)31-16-19-10-12-29(13-11-19)25(30)9-4-18-3-7-22(26)23(27)14-18/h3-4,6-9,14-15,19,28H,1-2,5,10-13,16H2/b9-4+. The molecule has 0 saturated carbocycles. The molecule has 1 saturated heterocycles. The summed E-state index contributed by atoms with van der Waals surface area (Å²) in [5.41, 5.74) is 4.33. The van der Waals surface area contributed by atoms with Crippen LogP contribution in [0.2, 0.25) is 10.0 Å². The molecule has 0 aromatic heterocycles. The van der Waals surface area contributed by atoms with Crippen molar-refractivity contribution in [3.05, 3.63) is 75.9 Å². The van der Waals surface area contributed by atoms with E-state index in [4.69, 9.17) is 27.9 Å². The lowest BCUT2D eigenvalue weighted by Gasteiger charge is -2.31. The first-order valence-corrected chi connectivity index (χ1v) is 11.4. The van der Waals surface area contributed by atoms with Gasteiger partial charge >= 0.3 is 0 Å². The van der Waals surface area contributed by atoms with E-state index in [-0.39, 0.29) is 5.91 Å². The maximum atomic E-state index is 12.5. The SMILES string of the molecule is C=C1CCc2cc(OCC3CCN(C(=O)/C=C/c4ccc(Cl)c(Cl)c4)CC3)ccc2N1. The van der Waals surface area contributed by atoms with Gasteiger partial charge in [0.2, 0.25) is 5.91 Å². The van der Waals surface area contributed by atoms with Crippen LogP contribution >= 0.6 is 23.2 Å². The lowest BCUT2D eigenvalue weighted by atomic mass is 9.97. The lowest BCUT2D eigenvalue weighted by molar-refractivity contribution is -0.127. The van der Waals surface area contributed by atoms with E-state index in [1.54, 1.807) is 24.3 Å². The Morgan fingerprint density at radius 1 is 1.13 bits per heavy atom. The summed E-state index contributed by atoms with van der Waals surface area (Å²) in [6.07, 6.45) is 7.22. The Kier molecular flexibility index (Phi) is 6.89. The first kappa shape index (κ1) is 21.8. The second-order valence-electron chi connectivity index (χ2n) is 8.13. The third kappa shape index (κ3) is 5.63. The van der Waals surface area contributed by atoms with Crippen LogP contribution in [0.25, 0.3) is 6.08 Å². The van der Waals surface area contributed by atoms with Gasteiger partial charge in [-0.3, -0.25) is 4.79 Å². The van der Waals surface area contributed by atoms with Crippen LogP contribution in [0.15, 0.2) is 54.8 Å². The van der Waals surface area contributed by atoms with E-state index in [1.165, 1.54) is 5.56 Å². The normalized spacial score (nSPS) is 16.8. The van der Waals surface area contributed by atoms with E-state index in [0.717, 1.165) is 61.5 Å². The van der Waals surface area contributed by atoms with Crippen LogP contribution in [0, 0.1) is 5.92 Å². The largest absolute Gasteiger partial charge is 0.493 e. The summed E-state index contributed by atoms with van der Waals surface area (Å²) in [6, 6.07) is 11.5. The molecule has 1 N–H and O–H groups in total. The van der Waals surface area contributed by atoms with E-state index >= 15 is 0 Å². The molecule has 0 atom stereocenters. The number of carbonyl (C=O) groups excluding carboxylic acids is 1.